The summed E-state index contributed by atoms with van der Waals surface area (Å²) >= 11 is 1.97. The molecule has 1 aromatic carbocycles. The number of thioether (sulfide) groups is 1. The van der Waals surface area contributed by atoms with Gasteiger partial charge >= 0.3 is 0 Å². The van der Waals surface area contributed by atoms with E-state index in [0.29, 0.717) is 12.6 Å². The minimum atomic E-state index is 0.390. The first-order chi connectivity index (χ1) is 7.76. The lowest BCUT2D eigenvalue weighted by Crippen LogP contribution is -2.29. The van der Waals surface area contributed by atoms with Gasteiger partial charge in [-0.05, 0) is 42.5 Å². The molecule has 0 amide bonds. The van der Waals surface area contributed by atoms with Gasteiger partial charge in [-0.1, -0.05) is 19.1 Å². The average molecular weight is 238 g/mol. The zero-order valence-corrected chi connectivity index (χ0v) is 11.0. The van der Waals surface area contributed by atoms with Gasteiger partial charge in [-0.2, -0.15) is 11.8 Å². The molecule has 0 aliphatic carbocycles. The standard InChI is InChI=1S/C13H22N2S/c1-3-16-8-7-13(10-14)15-12-6-4-5-11(2)9-12/h4-6,9,13,15H,3,7-8,10,14H2,1-2H3. The van der Waals surface area contributed by atoms with E-state index in [1.54, 1.807) is 0 Å². The van der Waals surface area contributed by atoms with Crippen molar-refractivity contribution in [3.63, 3.8) is 0 Å². The van der Waals surface area contributed by atoms with Gasteiger partial charge in [-0.15, -0.1) is 0 Å². The van der Waals surface area contributed by atoms with Crippen LogP contribution in [-0.4, -0.2) is 24.1 Å². The number of hydrogen-bond donors (Lipinski definition) is 2. The van der Waals surface area contributed by atoms with Crippen molar-refractivity contribution >= 4 is 17.4 Å². The highest BCUT2D eigenvalue weighted by atomic mass is 32.2. The summed E-state index contributed by atoms with van der Waals surface area (Å²) in [6.07, 6.45) is 1.13. The molecule has 0 spiro atoms. The van der Waals surface area contributed by atoms with E-state index in [9.17, 15) is 0 Å². The number of nitrogens with two attached hydrogens (primary N) is 1. The maximum atomic E-state index is 5.77. The van der Waals surface area contributed by atoms with Crippen molar-refractivity contribution in [1.82, 2.24) is 0 Å². The van der Waals surface area contributed by atoms with Crippen LogP contribution in [0.1, 0.15) is 18.9 Å². The van der Waals surface area contributed by atoms with E-state index in [1.165, 1.54) is 22.8 Å². The molecule has 3 N–H and O–H groups in total. The molecule has 1 aromatic rings. The third-order valence-corrected chi connectivity index (χ3v) is 3.42. The molecule has 0 fully saturated rings. The minimum absolute atomic E-state index is 0.390. The predicted octanol–water partition coefficient (Wildman–Crippen LogP) is 2.88. The Kier molecular flexibility index (Phi) is 6.34. The summed E-state index contributed by atoms with van der Waals surface area (Å²) in [6.45, 7) is 4.99. The first-order valence-electron chi connectivity index (χ1n) is 5.87. The van der Waals surface area contributed by atoms with Crippen LogP contribution < -0.4 is 11.1 Å². The van der Waals surface area contributed by atoms with Crippen LogP contribution in [0.25, 0.3) is 0 Å². The topological polar surface area (TPSA) is 38.0 Å². The first kappa shape index (κ1) is 13.4. The van der Waals surface area contributed by atoms with Crippen molar-refractivity contribution in [1.29, 1.82) is 0 Å². The second-order valence-electron chi connectivity index (χ2n) is 3.93. The molecule has 0 aliphatic rings. The fraction of sp³-hybridized carbons (Fsp3) is 0.538. The van der Waals surface area contributed by atoms with Gasteiger partial charge < -0.3 is 11.1 Å². The largest absolute Gasteiger partial charge is 0.381 e. The van der Waals surface area contributed by atoms with Gasteiger partial charge in [-0.25, -0.2) is 0 Å². The zero-order valence-electron chi connectivity index (χ0n) is 10.2. The Labute approximate surface area is 103 Å². The van der Waals surface area contributed by atoms with Gasteiger partial charge in [0.1, 0.15) is 0 Å². The Morgan fingerprint density at radius 1 is 1.44 bits per heavy atom. The first-order valence-corrected chi connectivity index (χ1v) is 7.02. The second kappa shape index (κ2) is 7.58. The summed E-state index contributed by atoms with van der Waals surface area (Å²) in [5.74, 6) is 2.36. The van der Waals surface area contributed by atoms with Crippen LogP contribution in [-0.2, 0) is 0 Å². The Morgan fingerprint density at radius 2 is 2.25 bits per heavy atom. The second-order valence-corrected chi connectivity index (χ2v) is 5.33. The summed E-state index contributed by atoms with van der Waals surface area (Å²) in [6, 6.07) is 8.83. The summed E-state index contributed by atoms with van der Waals surface area (Å²) < 4.78 is 0. The van der Waals surface area contributed by atoms with Crippen LogP contribution in [0.5, 0.6) is 0 Å². The highest BCUT2D eigenvalue weighted by Crippen LogP contribution is 2.13. The third kappa shape index (κ3) is 4.90. The maximum absolute atomic E-state index is 5.77. The molecule has 0 aromatic heterocycles. The third-order valence-electron chi connectivity index (χ3n) is 2.49. The van der Waals surface area contributed by atoms with E-state index in [1.807, 2.05) is 11.8 Å². The molecule has 0 saturated carbocycles. The Balaban J connectivity index is 2.43. The lowest BCUT2D eigenvalue weighted by atomic mass is 10.2. The van der Waals surface area contributed by atoms with Gasteiger partial charge in [-0.3, -0.25) is 0 Å². The highest BCUT2D eigenvalue weighted by Gasteiger charge is 2.05. The molecule has 1 atom stereocenters. The molecular formula is C13H22N2S. The number of hydrogen-bond acceptors (Lipinski definition) is 3. The average Bonchev–Trinajstić information content (AvgIpc) is 2.28. The Bertz CT molecular complexity index is 302. The van der Waals surface area contributed by atoms with Gasteiger partial charge in [0.15, 0.2) is 0 Å². The summed E-state index contributed by atoms with van der Waals surface area (Å²) in [5.41, 5.74) is 8.23. The minimum Gasteiger partial charge on any atom is -0.381 e. The molecular weight excluding hydrogens is 216 g/mol. The zero-order chi connectivity index (χ0) is 11.8. The molecule has 0 aliphatic heterocycles. The number of nitrogens with one attached hydrogen (secondary N) is 1. The SMILES string of the molecule is CCSCCC(CN)Nc1cccc(C)c1. The predicted molar refractivity (Wildman–Crippen MR) is 75.3 cm³/mol. The van der Waals surface area contributed by atoms with E-state index in [2.05, 4.69) is 43.4 Å². The van der Waals surface area contributed by atoms with Gasteiger partial charge in [0, 0.05) is 18.3 Å². The summed E-state index contributed by atoms with van der Waals surface area (Å²) in [4.78, 5) is 0. The summed E-state index contributed by atoms with van der Waals surface area (Å²) in [7, 11) is 0. The molecule has 1 unspecified atom stereocenters. The molecule has 0 saturated heterocycles. The fourth-order valence-electron chi connectivity index (χ4n) is 1.59. The molecule has 0 radical (unpaired) electrons. The molecule has 3 heteroatoms. The molecule has 1 rings (SSSR count). The van der Waals surface area contributed by atoms with E-state index >= 15 is 0 Å². The lowest BCUT2D eigenvalue weighted by molar-refractivity contribution is 0.709. The number of anilines is 1. The number of rotatable bonds is 7. The fourth-order valence-corrected chi connectivity index (χ4v) is 2.33. The smallest absolute Gasteiger partial charge is 0.0391 e. The van der Waals surface area contributed by atoms with Gasteiger partial charge in [0.25, 0.3) is 0 Å². The molecule has 90 valence electrons. The van der Waals surface area contributed by atoms with Crippen molar-refractivity contribution in [3.8, 4) is 0 Å². The van der Waals surface area contributed by atoms with Crippen molar-refractivity contribution in [2.24, 2.45) is 5.73 Å². The molecule has 16 heavy (non-hydrogen) atoms. The van der Waals surface area contributed by atoms with E-state index in [0.717, 1.165) is 6.42 Å². The van der Waals surface area contributed by atoms with Crippen LogP contribution in [0, 0.1) is 6.92 Å². The van der Waals surface area contributed by atoms with Crippen LogP contribution in [0.15, 0.2) is 24.3 Å². The monoisotopic (exact) mass is 238 g/mol. The Hall–Kier alpha value is -0.670. The van der Waals surface area contributed by atoms with Crippen molar-refractivity contribution in [2.75, 3.05) is 23.4 Å². The van der Waals surface area contributed by atoms with Crippen molar-refractivity contribution < 1.29 is 0 Å². The van der Waals surface area contributed by atoms with Gasteiger partial charge in [0.2, 0.25) is 0 Å². The molecule has 0 bridgehead atoms. The quantitative estimate of drug-likeness (QED) is 0.717. The van der Waals surface area contributed by atoms with E-state index < -0.39 is 0 Å². The van der Waals surface area contributed by atoms with Crippen LogP contribution >= 0.6 is 11.8 Å². The van der Waals surface area contributed by atoms with E-state index in [-0.39, 0.29) is 0 Å². The van der Waals surface area contributed by atoms with Crippen molar-refractivity contribution in [3.05, 3.63) is 29.8 Å². The van der Waals surface area contributed by atoms with Crippen LogP contribution in [0.2, 0.25) is 0 Å². The maximum Gasteiger partial charge on any atom is 0.0391 e. The highest BCUT2D eigenvalue weighted by molar-refractivity contribution is 7.99. The van der Waals surface area contributed by atoms with Crippen LogP contribution in [0.3, 0.4) is 0 Å². The van der Waals surface area contributed by atoms with Crippen LogP contribution in [0.4, 0.5) is 5.69 Å². The number of aryl methyl sites for hydroxylation is 1. The van der Waals surface area contributed by atoms with E-state index in [4.69, 9.17) is 5.73 Å². The number of benzene rings is 1. The van der Waals surface area contributed by atoms with Crippen molar-refractivity contribution in [2.45, 2.75) is 26.3 Å². The Morgan fingerprint density at radius 3 is 2.88 bits per heavy atom. The molecule has 0 heterocycles. The summed E-state index contributed by atoms with van der Waals surface area (Å²) in [5, 5.41) is 3.49. The lowest BCUT2D eigenvalue weighted by Gasteiger charge is -2.18. The van der Waals surface area contributed by atoms with Gasteiger partial charge in [0.05, 0.1) is 0 Å². The normalized spacial score (nSPS) is 12.4. The molecule has 2 nitrogen and oxygen atoms in total.